The highest BCUT2D eigenvalue weighted by Crippen LogP contribution is 2.35. The average molecular weight is 236 g/mol. The fourth-order valence-electron chi connectivity index (χ4n) is 1.28. The van der Waals surface area contributed by atoms with E-state index in [1.54, 1.807) is 18.7 Å². The Hall–Kier alpha value is -1.42. The Kier molecular flexibility index (Phi) is 3.19. The number of carbonyl (C=O) groups is 1. The topological polar surface area (TPSA) is 35.5 Å². The molecule has 1 atom stereocenters. The van der Waals surface area contributed by atoms with Crippen LogP contribution in [0.2, 0.25) is 0 Å². The molecule has 0 aromatic heterocycles. The van der Waals surface area contributed by atoms with Gasteiger partial charge in [-0.1, -0.05) is 18.7 Å². The Morgan fingerprint density at radius 3 is 3.06 bits per heavy atom. The quantitative estimate of drug-likeness (QED) is 0.584. The minimum absolute atomic E-state index is 0.382. The van der Waals surface area contributed by atoms with Crippen molar-refractivity contribution in [3.05, 3.63) is 36.4 Å². The molecule has 0 radical (unpaired) electrons. The van der Waals surface area contributed by atoms with E-state index in [1.807, 2.05) is 24.3 Å². The van der Waals surface area contributed by atoms with Crippen LogP contribution in [0.5, 0.6) is 5.75 Å². The van der Waals surface area contributed by atoms with Crippen LogP contribution in [0.4, 0.5) is 0 Å². The van der Waals surface area contributed by atoms with Crippen LogP contribution in [0.1, 0.15) is 6.92 Å². The number of fused-ring (bicyclic) bond motifs is 1. The number of benzene rings is 1. The molecule has 1 aromatic carbocycles. The molecule has 4 heteroatoms. The third kappa shape index (κ3) is 2.39. The van der Waals surface area contributed by atoms with Gasteiger partial charge in [-0.25, -0.2) is 4.79 Å². The van der Waals surface area contributed by atoms with Gasteiger partial charge in [0.1, 0.15) is 5.75 Å². The molecule has 1 unspecified atom stereocenters. The maximum Gasteiger partial charge on any atom is 0.336 e. The van der Waals surface area contributed by atoms with Crippen molar-refractivity contribution in [3.8, 4) is 5.75 Å². The first kappa shape index (κ1) is 11.1. The van der Waals surface area contributed by atoms with E-state index in [0.717, 1.165) is 10.6 Å². The van der Waals surface area contributed by atoms with Gasteiger partial charge in [-0.3, -0.25) is 0 Å². The first-order valence-corrected chi connectivity index (χ1v) is 5.90. The molecule has 1 heterocycles. The number of hydrogen-bond acceptors (Lipinski definition) is 4. The predicted molar refractivity (Wildman–Crippen MR) is 62.5 cm³/mol. The predicted octanol–water partition coefficient (Wildman–Crippen LogP) is 2.62. The van der Waals surface area contributed by atoms with Crippen LogP contribution in [-0.4, -0.2) is 18.0 Å². The van der Waals surface area contributed by atoms with Crippen molar-refractivity contribution < 1.29 is 14.3 Å². The fourth-order valence-corrected chi connectivity index (χ4v) is 2.16. The largest absolute Gasteiger partial charge is 0.453 e. The van der Waals surface area contributed by atoms with Crippen LogP contribution in [-0.2, 0) is 9.53 Å². The van der Waals surface area contributed by atoms with Gasteiger partial charge in [-0.05, 0) is 19.1 Å². The van der Waals surface area contributed by atoms with E-state index < -0.39 is 12.3 Å². The van der Waals surface area contributed by atoms with Crippen LogP contribution in [0.15, 0.2) is 41.3 Å². The van der Waals surface area contributed by atoms with Crippen molar-refractivity contribution in [2.24, 2.45) is 0 Å². The van der Waals surface area contributed by atoms with Crippen LogP contribution >= 0.6 is 11.8 Å². The number of esters is 1. The lowest BCUT2D eigenvalue weighted by atomic mass is 10.3. The van der Waals surface area contributed by atoms with Crippen molar-refractivity contribution in [3.63, 3.8) is 0 Å². The smallest absolute Gasteiger partial charge is 0.336 e. The van der Waals surface area contributed by atoms with Gasteiger partial charge in [0.25, 0.3) is 6.29 Å². The first-order valence-electron chi connectivity index (χ1n) is 4.92. The molecule has 0 saturated heterocycles. The Bertz CT molecular complexity index is 428. The van der Waals surface area contributed by atoms with E-state index in [1.165, 1.54) is 0 Å². The highest BCUT2D eigenvalue weighted by atomic mass is 32.2. The zero-order chi connectivity index (χ0) is 11.5. The van der Waals surface area contributed by atoms with Gasteiger partial charge < -0.3 is 9.47 Å². The van der Waals surface area contributed by atoms with E-state index in [0.29, 0.717) is 11.3 Å². The molecule has 2 rings (SSSR count). The summed E-state index contributed by atoms with van der Waals surface area (Å²) in [7, 11) is 0. The molecule has 0 bridgehead atoms. The van der Waals surface area contributed by atoms with Gasteiger partial charge in [0.15, 0.2) is 0 Å². The maximum atomic E-state index is 11.3. The molecule has 0 fully saturated rings. The SMILES string of the molecule is C=C(C)C(=O)OC1CSc2ccccc2O1. The number of hydrogen-bond donors (Lipinski definition) is 0. The lowest BCUT2D eigenvalue weighted by molar-refractivity contribution is -0.156. The molecular weight excluding hydrogens is 224 g/mol. The molecule has 1 aliphatic rings. The lowest BCUT2D eigenvalue weighted by Crippen LogP contribution is -2.29. The van der Waals surface area contributed by atoms with Gasteiger partial charge in [0, 0.05) is 10.5 Å². The molecule has 84 valence electrons. The third-order valence-electron chi connectivity index (χ3n) is 2.07. The Balaban J connectivity index is 2.03. The Labute approximate surface area is 98.4 Å². The highest BCUT2D eigenvalue weighted by Gasteiger charge is 2.23. The summed E-state index contributed by atoms with van der Waals surface area (Å²) in [6, 6.07) is 7.69. The summed E-state index contributed by atoms with van der Waals surface area (Å²) < 4.78 is 10.7. The zero-order valence-corrected chi connectivity index (χ0v) is 9.75. The number of carbonyl (C=O) groups excluding carboxylic acids is 1. The molecule has 0 saturated carbocycles. The second-order valence-electron chi connectivity index (χ2n) is 3.49. The van der Waals surface area contributed by atoms with Crippen LogP contribution in [0, 0.1) is 0 Å². The highest BCUT2D eigenvalue weighted by molar-refractivity contribution is 7.99. The normalized spacial score (nSPS) is 18.2. The van der Waals surface area contributed by atoms with Gasteiger partial charge >= 0.3 is 5.97 Å². The second kappa shape index (κ2) is 4.61. The molecule has 3 nitrogen and oxygen atoms in total. The molecule has 0 spiro atoms. The van der Waals surface area contributed by atoms with Crippen LogP contribution < -0.4 is 4.74 Å². The van der Waals surface area contributed by atoms with E-state index in [9.17, 15) is 4.79 Å². The third-order valence-corrected chi connectivity index (χ3v) is 3.16. The number of ether oxygens (including phenoxy) is 2. The minimum Gasteiger partial charge on any atom is -0.453 e. The van der Waals surface area contributed by atoms with E-state index in [4.69, 9.17) is 9.47 Å². The van der Waals surface area contributed by atoms with Gasteiger partial charge in [0.05, 0.1) is 5.75 Å². The molecule has 1 aliphatic heterocycles. The van der Waals surface area contributed by atoms with Crippen LogP contribution in [0.25, 0.3) is 0 Å². The number of thioether (sulfide) groups is 1. The molecule has 16 heavy (non-hydrogen) atoms. The molecule has 1 aromatic rings. The summed E-state index contributed by atoms with van der Waals surface area (Å²) >= 11 is 1.62. The standard InChI is InChI=1S/C12H12O3S/c1-8(2)12(13)15-11-7-16-10-6-4-3-5-9(10)14-11/h3-6,11H,1,7H2,2H3. The van der Waals surface area contributed by atoms with Crippen molar-refractivity contribution in [2.45, 2.75) is 18.1 Å². The summed E-state index contributed by atoms with van der Waals surface area (Å²) in [4.78, 5) is 12.4. The van der Waals surface area contributed by atoms with Crippen molar-refractivity contribution in [1.29, 1.82) is 0 Å². The summed E-state index contributed by atoms with van der Waals surface area (Å²) in [5, 5.41) is 0. The summed E-state index contributed by atoms with van der Waals surface area (Å²) in [6.45, 7) is 5.15. The second-order valence-corrected chi connectivity index (χ2v) is 4.55. The number of rotatable bonds is 2. The van der Waals surface area contributed by atoms with Gasteiger partial charge in [-0.15, -0.1) is 11.8 Å². The zero-order valence-electron chi connectivity index (χ0n) is 8.93. The van der Waals surface area contributed by atoms with Crippen molar-refractivity contribution in [1.82, 2.24) is 0 Å². The summed E-state index contributed by atoms with van der Waals surface area (Å²) in [5.41, 5.74) is 0.382. The molecule has 0 aliphatic carbocycles. The van der Waals surface area contributed by atoms with Gasteiger partial charge in [-0.2, -0.15) is 0 Å². The maximum absolute atomic E-state index is 11.3. The average Bonchev–Trinajstić information content (AvgIpc) is 2.28. The lowest BCUT2D eigenvalue weighted by Gasteiger charge is -2.24. The van der Waals surface area contributed by atoms with Crippen LogP contribution in [0.3, 0.4) is 0 Å². The summed E-state index contributed by atoms with van der Waals surface area (Å²) in [6.07, 6.45) is -0.524. The summed E-state index contributed by atoms with van der Waals surface area (Å²) in [5.74, 6) is 0.957. The van der Waals surface area contributed by atoms with Gasteiger partial charge in [0.2, 0.25) is 0 Å². The molecule has 0 N–H and O–H groups in total. The fraction of sp³-hybridized carbons (Fsp3) is 0.250. The number of para-hydroxylation sites is 1. The Morgan fingerprint density at radius 1 is 1.56 bits per heavy atom. The monoisotopic (exact) mass is 236 g/mol. The minimum atomic E-state index is -0.524. The van der Waals surface area contributed by atoms with Crippen molar-refractivity contribution in [2.75, 3.05) is 5.75 Å². The van der Waals surface area contributed by atoms with E-state index >= 15 is 0 Å². The first-order chi connectivity index (χ1) is 7.66. The molecule has 0 amide bonds. The van der Waals surface area contributed by atoms with E-state index in [2.05, 4.69) is 6.58 Å². The van der Waals surface area contributed by atoms with Crippen molar-refractivity contribution >= 4 is 17.7 Å². The van der Waals surface area contributed by atoms with E-state index in [-0.39, 0.29) is 0 Å². The molecular formula is C12H12O3S. The Morgan fingerprint density at radius 2 is 2.31 bits per heavy atom.